The largest absolute Gasteiger partial charge is 0.489 e. The van der Waals surface area contributed by atoms with Gasteiger partial charge in [-0.05, 0) is 25.0 Å². The quantitative estimate of drug-likeness (QED) is 0.378. The van der Waals surface area contributed by atoms with Crippen molar-refractivity contribution in [1.82, 2.24) is 4.90 Å². The van der Waals surface area contributed by atoms with E-state index in [1.54, 1.807) is 18.2 Å². The lowest BCUT2D eigenvalue weighted by Crippen LogP contribution is -2.38. The molecule has 0 radical (unpaired) electrons. The van der Waals surface area contributed by atoms with E-state index in [-0.39, 0.29) is 37.1 Å². The van der Waals surface area contributed by atoms with Gasteiger partial charge < -0.3 is 20.5 Å². The Kier molecular flexibility index (Phi) is 10.1. The van der Waals surface area contributed by atoms with E-state index in [4.69, 9.17) is 33.7 Å². The fourth-order valence-corrected chi connectivity index (χ4v) is 2.78. The first-order valence-electron chi connectivity index (χ1n) is 7.87. The zero-order chi connectivity index (χ0) is 16.7. The van der Waals surface area contributed by atoms with E-state index in [0.717, 1.165) is 25.9 Å². The predicted molar refractivity (Wildman–Crippen MR) is 110 cm³/mol. The third-order valence-electron chi connectivity index (χ3n) is 3.74. The highest BCUT2D eigenvalue weighted by molar-refractivity contribution is 14.0. The smallest absolute Gasteiger partial charge is 0.191 e. The molecule has 24 heavy (non-hydrogen) atoms. The second kappa shape index (κ2) is 11.2. The van der Waals surface area contributed by atoms with Gasteiger partial charge in [-0.2, -0.15) is 0 Å². The second-order valence-electron chi connectivity index (χ2n) is 5.62. The number of aliphatic hydroxyl groups is 1. The minimum Gasteiger partial charge on any atom is -0.489 e. The third-order valence-corrected chi connectivity index (χ3v) is 4.54. The van der Waals surface area contributed by atoms with Crippen LogP contribution in [-0.2, 0) is 0 Å². The van der Waals surface area contributed by atoms with E-state index in [1.165, 1.54) is 12.8 Å². The molecule has 3 N–H and O–H groups in total. The van der Waals surface area contributed by atoms with Gasteiger partial charge in [0.25, 0.3) is 0 Å². The molecule has 1 fully saturated rings. The zero-order valence-electron chi connectivity index (χ0n) is 13.5. The number of hydrogen-bond donors (Lipinski definition) is 2. The molecule has 0 aliphatic carbocycles. The fraction of sp³-hybridized carbons (Fsp3) is 0.562. The number of benzene rings is 1. The maximum atomic E-state index is 9.99. The summed E-state index contributed by atoms with van der Waals surface area (Å²) in [4.78, 5) is 6.35. The maximum Gasteiger partial charge on any atom is 0.191 e. The molecule has 0 saturated carbocycles. The third kappa shape index (κ3) is 6.82. The molecule has 0 bridgehead atoms. The van der Waals surface area contributed by atoms with Gasteiger partial charge in [-0.3, -0.25) is 4.99 Å². The van der Waals surface area contributed by atoms with Crippen molar-refractivity contribution in [1.29, 1.82) is 0 Å². The number of likely N-dealkylation sites (tertiary alicyclic amines) is 1. The van der Waals surface area contributed by atoms with Crippen LogP contribution >= 0.6 is 47.2 Å². The predicted octanol–water partition coefficient (Wildman–Crippen LogP) is 3.54. The first kappa shape index (κ1) is 21.6. The Labute approximate surface area is 170 Å². The van der Waals surface area contributed by atoms with Gasteiger partial charge in [0.1, 0.15) is 23.5 Å². The molecular weight excluding hydrogens is 464 g/mol. The van der Waals surface area contributed by atoms with Crippen LogP contribution in [-0.4, -0.2) is 48.3 Å². The summed E-state index contributed by atoms with van der Waals surface area (Å²) < 4.78 is 5.49. The van der Waals surface area contributed by atoms with Gasteiger partial charge in [0.15, 0.2) is 5.96 Å². The Morgan fingerprint density at radius 2 is 1.92 bits per heavy atom. The number of halogens is 3. The topological polar surface area (TPSA) is 71.1 Å². The van der Waals surface area contributed by atoms with Crippen LogP contribution in [0.4, 0.5) is 0 Å². The molecule has 136 valence electrons. The minimum absolute atomic E-state index is 0. The Bertz CT molecular complexity index is 538. The van der Waals surface area contributed by atoms with Crippen LogP contribution in [0, 0.1) is 0 Å². The van der Waals surface area contributed by atoms with Gasteiger partial charge in [-0.25, -0.2) is 0 Å². The number of nitrogens with two attached hydrogens (primary N) is 1. The molecule has 1 aromatic carbocycles. The van der Waals surface area contributed by atoms with Crippen molar-refractivity contribution in [3.8, 4) is 5.75 Å². The van der Waals surface area contributed by atoms with Gasteiger partial charge in [0.2, 0.25) is 0 Å². The molecule has 1 aromatic rings. The molecule has 0 spiro atoms. The van der Waals surface area contributed by atoms with Crippen LogP contribution in [0.15, 0.2) is 23.2 Å². The summed E-state index contributed by atoms with van der Waals surface area (Å²) in [5.41, 5.74) is 6.00. The van der Waals surface area contributed by atoms with Crippen LogP contribution < -0.4 is 10.5 Å². The summed E-state index contributed by atoms with van der Waals surface area (Å²) in [7, 11) is 0. The number of hydrogen-bond acceptors (Lipinski definition) is 3. The van der Waals surface area contributed by atoms with E-state index in [0.29, 0.717) is 21.8 Å². The summed E-state index contributed by atoms with van der Waals surface area (Å²) in [6.07, 6.45) is 3.99. The highest BCUT2D eigenvalue weighted by Crippen LogP contribution is 2.31. The molecule has 1 aliphatic heterocycles. The summed E-state index contributed by atoms with van der Waals surface area (Å²) in [5.74, 6) is 0.939. The van der Waals surface area contributed by atoms with Gasteiger partial charge in [-0.15, -0.1) is 24.0 Å². The highest BCUT2D eigenvalue weighted by atomic mass is 127. The van der Waals surface area contributed by atoms with Crippen molar-refractivity contribution in [3.63, 3.8) is 0 Å². The molecule has 2 rings (SSSR count). The Hall–Kier alpha value is -0.440. The maximum absolute atomic E-state index is 9.99. The number of guanidine groups is 1. The van der Waals surface area contributed by atoms with E-state index in [1.807, 2.05) is 0 Å². The van der Waals surface area contributed by atoms with Gasteiger partial charge in [0.05, 0.1) is 11.6 Å². The summed E-state index contributed by atoms with van der Waals surface area (Å²) >= 11 is 11.9. The average Bonchev–Trinajstić information content (AvgIpc) is 2.83. The van der Waals surface area contributed by atoms with Crippen molar-refractivity contribution in [2.24, 2.45) is 10.7 Å². The zero-order valence-corrected chi connectivity index (χ0v) is 17.3. The van der Waals surface area contributed by atoms with Crippen LogP contribution in [0.3, 0.4) is 0 Å². The average molecular weight is 488 g/mol. The van der Waals surface area contributed by atoms with Crippen molar-refractivity contribution >= 4 is 53.1 Å². The number of ether oxygens (including phenoxy) is 1. The molecule has 1 aliphatic rings. The molecule has 1 heterocycles. The lowest BCUT2D eigenvalue weighted by atomic mass is 10.2. The molecule has 5 nitrogen and oxygen atoms in total. The standard InChI is InChI=1S/C16H23Cl2N3O2.HI/c17-13-6-5-7-14(15(13)18)23-11-12(22)10-20-16(19)21-8-3-1-2-4-9-21;/h5-7,12,22H,1-4,8-11H2,(H2,19,20);1H. The Morgan fingerprint density at radius 1 is 1.25 bits per heavy atom. The molecule has 8 heteroatoms. The second-order valence-corrected chi connectivity index (χ2v) is 6.40. The normalized spacial score (nSPS) is 17.0. The summed E-state index contributed by atoms with van der Waals surface area (Å²) in [5, 5.41) is 10.8. The molecule has 1 saturated heterocycles. The first-order chi connectivity index (χ1) is 11.1. The first-order valence-corrected chi connectivity index (χ1v) is 8.63. The number of nitrogens with zero attached hydrogens (tertiary/aromatic N) is 2. The highest BCUT2D eigenvalue weighted by Gasteiger charge is 2.13. The number of rotatable bonds is 5. The minimum atomic E-state index is -0.754. The number of aliphatic imine (C=N–C) groups is 1. The van der Waals surface area contributed by atoms with E-state index < -0.39 is 6.10 Å². The SMILES string of the molecule is I.NC(=NCC(O)COc1cccc(Cl)c1Cl)N1CCCCCC1. The van der Waals surface area contributed by atoms with Gasteiger partial charge in [0, 0.05) is 13.1 Å². The van der Waals surface area contributed by atoms with Crippen LogP contribution in [0.2, 0.25) is 10.0 Å². The molecular formula is C16H24Cl2IN3O2. The van der Waals surface area contributed by atoms with Crippen molar-refractivity contribution < 1.29 is 9.84 Å². The van der Waals surface area contributed by atoms with E-state index in [9.17, 15) is 5.11 Å². The lowest BCUT2D eigenvalue weighted by Gasteiger charge is -2.21. The van der Waals surface area contributed by atoms with Gasteiger partial charge in [-0.1, -0.05) is 42.1 Å². The Morgan fingerprint density at radius 3 is 2.58 bits per heavy atom. The molecule has 1 unspecified atom stereocenters. The van der Waals surface area contributed by atoms with Crippen molar-refractivity contribution in [2.45, 2.75) is 31.8 Å². The fourth-order valence-electron chi connectivity index (χ4n) is 2.43. The van der Waals surface area contributed by atoms with Crippen LogP contribution in [0.5, 0.6) is 5.75 Å². The van der Waals surface area contributed by atoms with Crippen LogP contribution in [0.25, 0.3) is 0 Å². The van der Waals surface area contributed by atoms with Gasteiger partial charge >= 0.3 is 0 Å². The lowest BCUT2D eigenvalue weighted by molar-refractivity contribution is 0.114. The molecule has 0 aromatic heterocycles. The van der Waals surface area contributed by atoms with Crippen molar-refractivity contribution in [2.75, 3.05) is 26.2 Å². The number of aliphatic hydroxyl groups excluding tert-OH is 1. The summed E-state index contributed by atoms with van der Waals surface area (Å²) in [6, 6.07) is 5.13. The summed E-state index contributed by atoms with van der Waals surface area (Å²) in [6.45, 7) is 2.14. The monoisotopic (exact) mass is 487 g/mol. The van der Waals surface area contributed by atoms with Crippen LogP contribution in [0.1, 0.15) is 25.7 Å². The van der Waals surface area contributed by atoms with E-state index >= 15 is 0 Å². The molecule has 0 amide bonds. The van der Waals surface area contributed by atoms with E-state index in [2.05, 4.69) is 9.89 Å². The Balaban J connectivity index is 0.00000288. The van der Waals surface area contributed by atoms with Crippen molar-refractivity contribution in [3.05, 3.63) is 28.2 Å². The molecule has 1 atom stereocenters.